The van der Waals surface area contributed by atoms with Crippen LogP contribution < -0.4 is 21.1 Å². The first-order chi connectivity index (χ1) is 19.9. The minimum Gasteiger partial charge on any atom is -0.484 e. The van der Waals surface area contributed by atoms with Crippen LogP contribution in [0.2, 0.25) is 0 Å². The molecule has 4 N–H and O–H groups in total. The number of aryl methyl sites for hydroxylation is 1. The molecular formula is C33H40N4O4. The predicted octanol–water partition coefficient (Wildman–Crippen LogP) is 2.80. The number of carbonyl (C=O) groups excluding carboxylic acids is 3. The van der Waals surface area contributed by atoms with Gasteiger partial charge in [0.15, 0.2) is 6.61 Å². The molecule has 1 fully saturated rings. The molecule has 8 heteroatoms. The van der Waals surface area contributed by atoms with Crippen LogP contribution >= 0.6 is 0 Å². The lowest BCUT2D eigenvalue weighted by molar-refractivity contribution is -0.134. The van der Waals surface area contributed by atoms with Gasteiger partial charge in [-0.25, -0.2) is 0 Å². The molecule has 8 nitrogen and oxygen atoms in total. The van der Waals surface area contributed by atoms with Crippen molar-refractivity contribution < 1.29 is 19.1 Å². The van der Waals surface area contributed by atoms with Crippen molar-refractivity contribution in [1.82, 2.24) is 15.5 Å². The van der Waals surface area contributed by atoms with Gasteiger partial charge in [0.05, 0.1) is 0 Å². The van der Waals surface area contributed by atoms with E-state index in [0.29, 0.717) is 31.7 Å². The van der Waals surface area contributed by atoms with Crippen LogP contribution in [0.1, 0.15) is 41.2 Å². The van der Waals surface area contributed by atoms with Crippen LogP contribution in [0.3, 0.4) is 0 Å². The average molecular weight is 557 g/mol. The van der Waals surface area contributed by atoms with Gasteiger partial charge in [-0.15, -0.1) is 0 Å². The van der Waals surface area contributed by atoms with Gasteiger partial charge in [-0.2, -0.15) is 0 Å². The molecule has 0 bridgehead atoms. The van der Waals surface area contributed by atoms with E-state index in [2.05, 4.69) is 47.0 Å². The smallest absolute Gasteiger partial charge is 0.255 e. The Balaban J connectivity index is 1.37. The number of carbonyl (C=O) groups is 3. The minimum atomic E-state index is -0.511. The van der Waals surface area contributed by atoms with E-state index in [4.69, 9.17) is 10.5 Å². The zero-order valence-electron chi connectivity index (χ0n) is 23.7. The highest BCUT2D eigenvalue weighted by Crippen LogP contribution is 2.21. The lowest BCUT2D eigenvalue weighted by Gasteiger charge is -2.36. The number of benzene rings is 3. The van der Waals surface area contributed by atoms with Gasteiger partial charge in [-0.05, 0) is 65.6 Å². The second kappa shape index (κ2) is 15.0. The molecule has 1 saturated heterocycles. The summed E-state index contributed by atoms with van der Waals surface area (Å²) in [5.41, 5.74) is 11.1. The summed E-state index contributed by atoms with van der Waals surface area (Å²) in [7, 11) is 0. The quantitative estimate of drug-likeness (QED) is 0.300. The fourth-order valence-electron chi connectivity index (χ4n) is 5.33. The summed E-state index contributed by atoms with van der Waals surface area (Å²) in [4.78, 5) is 37.7. The summed E-state index contributed by atoms with van der Waals surface area (Å²) in [6.07, 6.45) is 3.45. The van der Waals surface area contributed by atoms with Gasteiger partial charge in [0.2, 0.25) is 11.8 Å². The Morgan fingerprint density at radius 1 is 0.927 bits per heavy atom. The van der Waals surface area contributed by atoms with Crippen molar-refractivity contribution in [2.75, 3.05) is 32.8 Å². The monoisotopic (exact) mass is 556 g/mol. The molecule has 0 unspecified atom stereocenters. The molecule has 1 atom stereocenters. The topological polar surface area (TPSA) is 114 Å². The number of nitrogens with zero attached hydrogens (tertiary/aromatic N) is 1. The second-order valence-electron chi connectivity index (χ2n) is 10.5. The number of nitrogens with one attached hydrogen (secondary N) is 2. The molecule has 1 aliphatic rings. The van der Waals surface area contributed by atoms with Gasteiger partial charge < -0.3 is 26.0 Å². The van der Waals surface area contributed by atoms with Crippen LogP contribution in [0, 0.1) is 0 Å². The standard InChI is InChI=1S/C33H40N4O4/c1-24(38)36-17-16-27-7-3-5-9-29(27)21-28-8-4-2-6-26(28)12-15-33(40)37-19-18-35-22-30(37)20-25-10-13-31(14-11-25)41-23-32(34)39/h2-11,13-14,30,35H,12,15-23H2,1H3,(H2,34,39)(H,36,38)/t30-/m1/s1. The zero-order chi connectivity index (χ0) is 29.0. The third-order valence-electron chi connectivity index (χ3n) is 7.44. The molecule has 216 valence electrons. The summed E-state index contributed by atoms with van der Waals surface area (Å²) in [5.74, 6) is 0.233. The Morgan fingerprint density at radius 3 is 2.20 bits per heavy atom. The van der Waals surface area contributed by atoms with E-state index in [9.17, 15) is 14.4 Å². The first kappa shape index (κ1) is 29.8. The SMILES string of the molecule is CC(=O)NCCc1ccccc1Cc1ccccc1CCC(=O)N1CCNC[C@H]1Cc1ccc(OCC(N)=O)cc1. The molecule has 3 aromatic carbocycles. The first-order valence-corrected chi connectivity index (χ1v) is 14.3. The summed E-state index contributed by atoms with van der Waals surface area (Å²) in [6.45, 7) is 4.22. The van der Waals surface area contributed by atoms with E-state index in [1.54, 1.807) is 0 Å². The highest BCUT2D eigenvalue weighted by atomic mass is 16.5. The van der Waals surface area contributed by atoms with Gasteiger partial charge in [0, 0.05) is 45.6 Å². The van der Waals surface area contributed by atoms with Crippen molar-refractivity contribution in [2.24, 2.45) is 5.73 Å². The van der Waals surface area contributed by atoms with E-state index in [0.717, 1.165) is 37.9 Å². The van der Waals surface area contributed by atoms with Crippen molar-refractivity contribution >= 4 is 17.7 Å². The Bertz CT molecular complexity index is 1320. The van der Waals surface area contributed by atoms with Gasteiger partial charge >= 0.3 is 0 Å². The van der Waals surface area contributed by atoms with E-state index in [1.807, 2.05) is 41.3 Å². The van der Waals surface area contributed by atoms with Gasteiger partial charge in [0.25, 0.3) is 5.91 Å². The maximum atomic E-state index is 13.5. The summed E-state index contributed by atoms with van der Waals surface area (Å²) in [6, 6.07) is 24.4. The Morgan fingerprint density at radius 2 is 1.56 bits per heavy atom. The number of amides is 3. The van der Waals surface area contributed by atoms with E-state index >= 15 is 0 Å². The molecule has 4 rings (SSSR count). The maximum absolute atomic E-state index is 13.5. The van der Waals surface area contributed by atoms with Crippen LogP contribution in [0.5, 0.6) is 5.75 Å². The molecule has 0 aromatic heterocycles. The van der Waals surface area contributed by atoms with Crippen LogP contribution in [0.15, 0.2) is 72.8 Å². The number of nitrogens with two attached hydrogens (primary N) is 1. The Hall–Kier alpha value is -4.17. The second-order valence-corrected chi connectivity index (χ2v) is 10.5. The van der Waals surface area contributed by atoms with Crippen LogP contribution in [0.4, 0.5) is 0 Å². The van der Waals surface area contributed by atoms with E-state index in [-0.39, 0.29) is 24.5 Å². The molecule has 0 radical (unpaired) electrons. The summed E-state index contributed by atoms with van der Waals surface area (Å²) >= 11 is 0. The number of ether oxygens (including phenoxy) is 1. The molecular weight excluding hydrogens is 516 g/mol. The number of primary amides is 1. The highest BCUT2D eigenvalue weighted by molar-refractivity contribution is 5.77. The third kappa shape index (κ3) is 9.18. The molecule has 3 amide bonds. The zero-order valence-corrected chi connectivity index (χ0v) is 23.7. The van der Waals surface area contributed by atoms with E-state index in [1.165, 1.54) is 29.2 Å². The van der Waals surface area contributed by atoms with Crippen molar-refractivity contribution in [1.29, 1.82) is 0 Å². The highest BCUT2D eigenvalue weighted by Gasteiger charge is 2.26. The summed E-state index contributed by atoms with van der Waals surface area (Å²) < 4.78 is 5.36. The molecule has 0 saturated carbocycles. The number of piperazine rings is 1. The third-order valence-corrected chi connectivity index (χ3v) is 7.44. The average Bonchev–Trinajstić information content (AvgIpc) is 2.97. The van der Waals surface area contributed by atoms with Gasteiger partial charge in [0.1, 0.15) is 5.75 Å². The van der Waals surface area contributed by atoms with Gasteiger partial charge in [-0.1, -0.05) is 60.7 Å². The van der Waals surface area contributed by atoms with Crippen molar-refractivity contribution in [3.8, 4) is 5.75 Å². The predicted molar refractivity (Wildman–Crippen MR) is 160 cm³/mol. The summed E-state index contributed by atoms with van der Waals surface area (Å²) in [5, 5.41) is 6.31. The van der Waals surface area contributed by atoms with Crippen LogP contribution in [-0.2, 0) is 40.1 Å². The van der Waals surface area contributed by atoms with Crippen molar-refractivity contribution in [3.05, 3.63) is 101 Å². The lowest BCUT2D eigenvalue weighted by atomic mass is 9.93. The lowest BCUT2D eigenvalue weighted by Crippen LogP contribution is -2.54. The van der Waals surface area contributed by atoms with Crippen molar-refractivity contribution in [3.63, 3.8) is 0 Å². The Labute approximate surface area is 242 Å². The number of hydrogen-bond acceptors (Lipinski definition) is 5. The molecule has 1 aliphatic heterocycles. The van der Waals surface area contributed by atoms with Crippen LogP contribution in [0.25, 0.3) is 0 Å². The Kier molecular flexibility index (Phi) is 10.9. The maximum Gasteiger partial charge on any atom is 0.255 e. The van der Waals surface area contributed by atoms with Crippen LogP contribution in [-0.4, -0.2) is 61.4 Å². The fourth-order valence-corrected chi connectivity index (χ4v) is 5.33. The largest absolute Gasteiger partial charge is 0.484 e. The molecule has 1 heterocycles. The van der Waals surface area contributed by atoms with E-state index < -0.39 is 5.91 Å². The normalized spacial score (nSPS) is 14.9. The molecule has 0 spiro atoms. The first-order valence-electron chi connectivity index (χ1n) is 14.3. The molecule has 0 aliphatic carbocycles. The molecule has 41 heavy (non-hydrogen) atoms. The minimum absolute atomic E-state index is 0.0196. The number of rotatable bonds is 13. The van der Waals surface area contributed by atoms with Crippen molar-refractivity contribution in [2.45, 2.75) is 45.1 Å². The fraction of sp³-hybridized carbons (Fsp3) is 0.364. The molecule has 3 aromatic rings. The number of hydrogen-bond donors (Lipinski definition) is 3. The van der Waals surface area contributed by atoms with Gasteiger partial charge in [-0.3, -0.25) is 14.4 Å².